The standard InChI is InChI=1S/C19H32N4O2/c1-6-11-25-14-16-10-8-7-9-15(16)12-21-18(20-5)22-13-17(24)23-19(2,3)4/h7-10H,6,11-14H2,1-5H3,(H,23,24)(H2,20,21,22). The molecule has 0 saturated carbocycles. The molecule has 0 fully saturated rings. The summed E-state index contributed by atoms with van der Waals surface area (Å²) >= 11 is 0. The molecule has 1 aromatic carbocycles. The number of hydrogen-bond acceptors (Lipinski definition) is 3. The number of rotatable bonds is 8. The second kappa shape index (κ2) is 10.7. The maximum Gasteiger partial charge on any atom is 0.239 e. The van der Waals surface area contributed by atoms with E-state index in [1.54, 1.807) is 7.05 Å². The SMILES string of the molecule is CCCOCc1ccccc1CNC(=NC)NCC(=O)NC(C)(C)C. The number of nitrogens with one attached hydrogen (secondary N) is 3. The molecule has 0 aliphatic heterocycles. The molecule has 0 heterocycles. The van der Waals surface area contributed by atoms with E-state index in [4.69, 9.17) is 4.74 Å². The zero-order valence-corrected chi connectivity index (χ0v) is 16.1. The van der Waals surface area contributed by atoms with Crippen molar-refractivity contribution in [3.63, 3.8) is 0 Å². The number of nitrogens with zero attached hydrogens (tertiary/aromatic N) is 1. The Morgan fingerprint density at radius 3 is 2.44 bits per heavy atom. The minimum Gasteiger partial charge on any atom is -0.377 e. The molecule has 25 heavy (non-hydrogen) atoms. The van der Waals surface area contributed by atoms with Gasteiger partial charge < -0.3 is 20.7 Å². The van der Waals surface area contributed by atoms with Gasteiger partial charge in [-0.2, -0.15) is 0 Å². The molecular weight excluding hydrogens is 316 g/mol. The number of hydrogen-bond donors (Lipinski definition) is 3. The number of carbonyl (C=O) groups is 1. The topological polar surface area (TPSA) is 74.8 Å². The average molecular weight is 348 g/mol. The minimum absolute atomic E-state index is 0.0659. The largest absolute Gasteiger partial charge is 0.377 e. The molecule has 6 nitrogen and oxygen atoms in total. The van der Waals surface area contributed by atoms with Crippen LogP contribution < -0.4 is 16.0 Å². The van der Waals surface area contributed by atoms with Crippen LogP contribution in [0.25, 0.3) is 0 Å². The van der Waals surface area contributed by atoms with Crippen molar-refractivity contribution in [3.8, 4) is 0 Å². The van der Waals surface area contributed by atoms with Gasteiger partial charge in [0.2, 0.25) is 5.91 Å². The van der Waals surface area contributed by atoms with Crippen LogP contribution in [0.5, 0.6) is 0 Å². The zero-order chi connectivity index (χ0) is 18.7. The molecule has 140 valence electrons. The molecule has 1 amide bonds. The van der Waals surface area contributed by atoms with Crippen molar-refractivity contribution in [2.24, 2.45) is 4.99 Å². The van der Waals surface area contributed by atoms with Gasteiger partial charge in [0.1, 0.15) is 0 Å². The summed E-state index contributed by atoms with van der Waals surface area (Å²) in [7, 11) is 1.69. The van der Waals surface area contributed by atoms with Crippen LogP contribution in [0.4, 0.5) is 0 Å². The maximum absolute atomic E-state index is 11.9. The Bertz CT molecular complexity index is 565. The smallest absolute Gasteiger partial charge is 0.239 e. The third kappa shape index (κ3) is 9.10. The Kier molecular flexibility index (Phi) is 8.99. The molecule has 0 aliphatic carbocycles. The Balaban J connectivity index is 2.51. The molecule has 0 saturated heterocycles. The van der Waals surface area contributed by atoms with Crippen LogP contribution >= 0.6 is 0 Å². The van der Waals surface area contributed by atoms with Crippen molar-refractivity contribution in [1.29, 1.82) is 0 Å². The van der Waals surface area contributed by atoms with Crippen LogP contribution in [0, 0.1) is 0 Å². The van der Waals surface area contributed by atoms with E-state index in [1.165, 1.54) is 0 Å². The molecule has 0 unspecified atom stereocenters. The molecule has 3 N–H and O–H groups in total. The van der Waals surface area contributed by atoms with Crippen LogP contribution in [0.2, 0.25) is 0 Å². The predicted octanol–water partition coefficient (Wildman–Crippen LogP) is 2.19. The predicted molar refractivity (Wildman–Crippen MR) is 102 cm³/mol. The lowest BCUT2D eigenvalue weighted by molar-refractivity contribution is -0.121. The number of guanidine groups is 1. The fourth-order valence-electron chi connectivity index (χ4n) is 2.22. The molecule has 1 aromatic rings. The first-order valence-electron chi connectivity index (χ1n) is 8.75. The summed E-state index contributed by atoms with van der Waals surface area (Å²) in [5.41, 5.74) is 2.07. The molecule has 0 atom stereocenters. The van der Waals surface area contributed by atoms with Gasteiger partial charge in [-0.3, -0.25) is 9.79 Å². The van der Waals surface area contributed by atoms with Crippen molar-refractivity contribution in [3.05, 3.63) is 35.4 Å². The monoisotopic (exact) mass is 348 g/mol. The highest BCUT2D eigenvalue weighted by Crippen LogP contribution is 2.10. The fraction of sp³-hybridized carbons (Fsp3) is 0.579. The van der Waals surface area contributed by atoms with Gasteiger partial charge in [-0.15, -0.1) is 0 Å². The van der Waals surface area contributed by atoms with E-state index in [2.05, 4.69) is 40.0 Å². The lowest BCUT2D eigenvalue weighted by atomic mass is 10.1. The molecule has 0 bridgehead atoms. The number of carbonyl (C=O) groups excluding carboxylic acids is 1. The Morgan fingerprint density at radius 2 is 1.84 bits per heavy atom. The second-order valence-corrected chi connectivity index (χ2v) is 6.90. The zero-order valence-electron chi connectivity index (χ0n) is 16.1. The lowest BCUT2D eigenvalue weighted by Gasteiger charge is -2.21. The summed E-state index contributed by atoms with van der Waals surface area (Å²) in [6.45, 7) is 10.1. The van der Waals surface area contributed by atoms with Gasteiger partial charge in [-0.1, -0.05) is 31.2 Å². The molecule has 0 aliphatic rings. The molecule has 6 heteroatoms. The van der Waals surface area contributed by atoms with Crippen molar-refractivity contribution in [2.75, 3.05) is 20.2 Å². The summed E-state index contributed by atoms with van der Waals surface area (Å²) in [6.07, 6.45) is 1.01. The molecule has 0 aromatic heterocycles. The van der Waals surface area contributed by atoms with E-state index in [-0.39, 0.29) is 18.0 Å². The average Bonchev–Trinajstić information content (AvgIpc) is 2.55. The van der Waals surface area contributed by atoms with Gasteiger partial charge in [-0.05, 0) is 38.3 Å². The molecule has 1 rings (SSSR count). The van der Waals surface area contributed by atoms with E-state index in [9.17, 15) is 4.79 Å². The van der Waals surface area contributed by atoms with Gasteiger partial charge in [0, 0.05) is 25.7 Å². The first-order chi connectivity index (χ1) is 11.9. The first-order valence-corrected chi connectivity index (χ1v) is 8.75. The second-order valence-electron chi connectivity index (χ2n) is 6.90. The van der Waals surface area contributed by atoms with Gasteiger partial charge in [-0.25, -0.2) is 0 Å². The first kappa shape index (κ1) is 21.0. The highest BCUT2D eigenvalue weighted by Gasteiger charge is 2.13. The minimum atomic E-state index is -0.243. The van der Waals surface area contributed by atoms with Crippen molar-refractivity contribution in [1.82, 2.24) is 16.0 Å². The van der Waals surface area contributed by atoms with E-state index in [0.717, 1.165) is 24.2 Å². The Morgan fingerprint density at radius 1 is 1.16 bits per heavy atom. The summed E-state index contributed by atoms with van der Waals surface area (Å²) < 4.78 is 5.64. The lowest BCUT2D eigenvalue weighted by Crippen LogP contribution is -2.48. The number of amides is 1. The van der Waals surface area contributed by atoms with Gasteiger partial charge in [0.25, 0.3) is 0 Å². The molecular formula is C19H32N4O2. The molecule has 0 spiro atoms. The fourth-order valence-corrected chi connectivity index (χ4v) is 2.22. The maximum atomic E-state index is 11.9. The van der Waals surface area contributed by atoms with Crippen LogP contribution in [-0.2, 0) is 22.7 Å². The van der Waals surface area contributed by atoms with Crippen LogP contribution in [0.3, 0.4) is 0 Å². The number of benzene rings is 1. The van der Waals surface area contributed by atoms with Gasteiger partial charge >= 0.3 is 0 Å². The van der Waals surface area contributed by atoms with E-state index in [1.807, 2.05) is 32.9 Å². The van der Waals surface area contributed by atoms with Crippen molar-refractivity contribution >= 4 is 11.9 Å². The summed E-state index contributed by atoms with van der Waals surface area (Å²) in [4.78, 5) is 16.0. The summed E-state index contributed by atoms with van der Waals surface area (Å²) in [5, 5.41) is 9.18. The highest BCUT2D eigenvalue weighted by molar-refractivity contribution is 5.86. The van der Waals surface area contributed by atoms with Gasteiger partial charge in [0.15, 0.2) is 5.96 Å². The Hall–Kier alpha value is -2.08. The molecule has 0 radical (unpaired) electrons. The normalized spacial score (nSPS) is 12.0. The number of ether oxygens (including phenoxy) is 1. The van der Waals surface area contributed by atoms with Crippen LogP contribution in [0.15, 0.2) is 29.3 Å². The van der Waals surface area contributed by atoms with Crippen molar-refractivity contribution in [2.45, 2.75) is 52.8 Å². The third-order valence-corrected chi connectivity index (χ3v) is 3.33. The van der Waals surface area contributed by atoms with E-state index < -0.39 is 0 Å². The van der Waals surface area contributed by atoms with Gasteiger partial charge in [0.05, 0.1) is 13.2 Å². The summed E-state index contributed by atoms with van der Waals surface area (Å²) in [5.74, 6) is 0.525. The quantitative estimate of drug-likeness (QED) is 0.382. The highest BCUT2D eigenvalue weighted by atomic mass is 16.5. The van der Waals surface area contributed by atoms with Crippen molar-refractivity contribution < 1.29 is 9.53 Å². The van der Waals surface area contributed by atoms with Crippen LogP contribution in [0.1, 0.15) is 45.2 Å². The Labute approximate surface area is 151 Å². The third-order valence-electron chi connectivity index (χ3n) is 3.33. The van der Waals surface area contributed by atoms with E-state index >= 15 is 0 Å². The summed E-state index contributed by atoms with van der Waals surface area (Å²) in [6, 6.07) is 8.15. The number of aliphatic imine (C=N–C) groups is 1. The van der Waals surface area contributed by atoms with Crippen LogP contribution in [-0.4, -0.2) is 37.6 Å². The van der Waals surface area contributed by atoms with E-state index in [0.29, 0.717) is 19.1 Å².